The number of carbonyl (C=O) groups excluding carboxylic acids is 1. The summed E-state index contributed by atoms with van der Waals surface area (Å²) in [5.41, 5.74) is 0.0977. The molecule has 0 aliphatic heterocycles. The molecule has 18 heavy (non-hydrogen) atoms. The van der Waals surface area contributed by atoms with Crippen LogP contribution in [0.5, 0.6) is 0 Å². The van der Waals surface area contributed by atoms with Crippen LogP contribution in [-0.4, -0.2) is 44.2 Å². The molecular weight excluding hydrogens is 282 g/mol. The van der Waals surface area contributed by atoms with E-state index >= 15 is 0 Å². The highest BCUT2D eigenvalue weighted by molar-refractivity contribution is 7.79. The standard InChI is InChI=1S/C10H10ClNO5S/c1-12(5-9(13)14)10(15)6-2-3-7(11)8(4-6)18(16)17/h2-4H,5H2,1H3,(H,13,14)(H,16,17). The van der Waals surface area contributed by atoms with E-state index < -0.39 is 29.5 Å². The van der Waals surface area contributed by atoms with E-state index in [9.17, 15) is 13.8 Å². The van der Waals surface area contributed by atoms with Gasteiger partial charge in [-0.25, -0.2) is 4.21 Å². The van der Waals surface area contributed by atoms with E-state index in [1.165, 1.54) is 25.2 Å². The van der Waals surface area contributed by atoms with Crippen LogP contribution in [-0.2, 0) is 15.9 Å². The second-order valence-electron chi connectivity index (χ2n) is 3.45. The zero-order chi connectivity index (χ0) is 13.9. The van der Waals surface area contributed by atoms with Crippen LogP contribution in [0.1, 0.15) is 10.4 Å². The van der Waals surface area contributed by atoms with E-state index in [0.29, 0.717) is 0 Å². The van der Waals surface area contributed by atoms with Gasteiger partial charge in [0.25, 0.3) is 5.91 Å². The average molecular weight is 292 g/mol. The minimum absolute atomic E-state index is 0.0632. The number of carbonyl (C=O) groups is 2. The lowest BCUT2D eigenvalue weighted by Crippen LogP contribution is -2.31. The van der Waals surface area contributed by atoms with Crippen molar-refractivity contribution in [1.29, 1.82) is 0 Å². The number of carboxylic acids is 1. The van der Waals surface area contributed by atoms with Gasteiger partial charge in [0.15, 0.2) is 11.1 Å². The summed E-state index contributed by atoms with van der Waals surface area (Å²) >= 11 is 3.38. The number of aliphatic carboxylic acids is 1. The molecule has 1 aromatic rings. The molecule has 0 heterocycles. The molecule has 6 nitrogen and oxygen atoms in total. The minimum Gasteiger partial charge on any atom is -0.480 e. The molecule has 0 bridgehead atoms. The van der Waals surface area contributed by atoms with E-state index in [2.05, 4.69) is 0 Å². The first-order valence-corrected chi connectivity index (χ1v) is 6.19. The van der Waals surface area contributed by atoms with Gasteiger partial charge >= 0.3 is 5.97 Å². The van der Waals surface area contributed by atoms with Crippen LogP contribution in [0.4, 0.5) is 0 Å². The summed E-state index contributed by atoms with van der Waals surface area (Å²) in [5, 5.41) is 8.63. The molecule has 1 rings (SSSR count). The fourth-order valence-electron chi connectivity index (χ4n) is 1.27. The van der Waals surface area contributed by atoms with Gasteiger partial charge in [0.05, 0.1) is 9.92 Å². The van der Waals surface area contributed by atoms with E-state index in [1.54, 1.807) is 0 Å². The van der Waals surface area contributed by atoms with Gasteiger partial charge < -0.3 is 14.6 Å². The first kappa shape index (κ1) is 14.6. The fourth-order valence-corrected chi connectivity index (χ4v) is 2.04. The van der Waals surface area contributed by atoms with Crippen molar-refractivity contribution in [2.24, 2.45) is 0 Å². The summed E-state index contributed by atoms with van der Waals surface area (Å²) in [4.78, 5) is 23.2. The smallest absolute Gasteiger partial charge is 0.323 e. The number of halogens is 1. The summed E-state index contributed by atoms with van der Waals surface area (Å²) in [6.07, 6.45) is 0. The molecule has 0 aliphatic rings. The molecule has 0 spiro atoms. The Morgan fingerprint density at radius 2 is 2.06 bits per heavy atom. The lowest BCUT2D eigenvalue weighted by atomic mass is 10.2. The Morgan fingerprint density at radius 3 is 2.56 bits per heavy atom. The maximum absolute atomic E-state index is 11.8. The number of rotatable bonds is 4. The van der Waals surface area contributed by atoms with Gasteiger partial charge in [-0.2, -0.15) is 0 Å². The summed E-state index contributed by atoms with van der Waals surface area (Å²) in [6, 6.07) is 3.84. The summed E-state index contributed by atoms with van der Waals surface area (Å²) in [6.45, 7) is -0.459. The maximum atomic E-state index is 11.8. The molecule has 0 saturated carbocycles. The van der Waals surface area contributed by atoms with Crippen LogP contribution < -0.4 is 0 Å². The Balaban J connectivity index is 3.03. The summed E-state index contributed by atoms with van der Waals surface area (Å²) in [5.74, 6) is -1.72. The highest BCUT2D eigenvalue weighted by Gasteiger charge is 2.17. The number of hydrogen-bond acceptors (Lipinski definition) is 3. The number of benzene rings is 1. The molecule has 0 radical (unpaired) electrons. The molecular formula is C10H10ClNO5S. The normalized spacial score (nSPS) is 11.9. The van der Waals surface area contributed by atoms with Gasteiger partial charge in [0, 0.05) is 12.6 Å². The van der Waals surface area contributed by atoms with Crippen molar-refractivity contribution in [2.75, 3.05) is 13.6 Å². The number of likely N-dealkylation sites (N-methyl/N-ethyl adjacent to an activating group) is 1. The Hall–Kier alpha value is -1.44. The Labute approximate surface area is 110 Å². The van der Waals surface area contributed by atoms with Crippen LogP contribution >= 0.6 is 11.6 Å². The summed E-state index contributed by atoms with van der Waals surface area (Å²) < 4.78 is 19.9. The zero-order valence-corrected chi connectivity index (χ0v) is 10.9. The predicted molar refractivity (Wildman–Crippen MR) is 65.1 cm³/mol. The molecule has 1 atom stereocenters. The Bertz CT molecular complexity index is 519. The first-order valence-electron chi connectivity index (χ1n) is 4.70. The highest BCUT2D eigenvalue weighted by atomic mass is 35.5. The third-order valence-electron chi connectivity index (χ3n) is 2.09. The van der Waals surface area contributed by atoms with Crippen molar-refractivity contribution in [2.45, 2.75) is 4.90 Å². The van der Waals surface area contributed by atoms with Crippen LogP contribution in [0.3, 0.4) is 0 Å². The zero-order valence-electron chi connectivity index (χ0n) is 9.29. The van der Waals surface area contributed by atoms with E-state index in [0.717, 1.165) is 4.90 Å². The molecule has 2 N–H and O–H groups in total. The second kappa shape index (κ2) is 5.94. The van der Waals surface area contributed by atoms with Crippen molar-refractivity contribution in [3.05, 3.63) is 28.8 Å². The predicted octanol–water partition coefficient (Wildman–Crippen LogP) is 1.08. The fraction of sp³-hybridized carbons (Fsp3) is 0.200. The van der Waals surface area contributed by atoms with Gasteiger partial charge in [0.2, 0.25) is 0 Å². The van der Waals surface area contributed by atoms with E-state index in [-0.39, 0.29) is 15.5 Å². The topological polar surface area (TPSA) is 94.9 Å². The van der Waals surface area contributed by atoms with Gasteiger partial charge in [0.1, 0.15) is 6.54 Å². The van der Waals surface area contributed by atoms with Crippen LogP contribution in [0.25, 0.3) is 0 Å². The Kier molecular flexibility index (Phi) is 4.83. The largest absolute Gasteiger partial charge is 0.480 e. The van der Waals surface area contributed by atoms with Crippen molar-refractivity contribution in [1.82, 2.24) is 4.90 Å². The number of amides is 1. The number of hydrogen-bond donors (Lipinski definition) is 2. The third-order valence-corrected chi connectivity index (χ3v) is 3.24. The lowest BCUT2D eigenvalue weighted by Gasteiger charge is -2.14. The molecule has 1 unspecified atom stereocenters. The average Bonchev–Trinajstić information content (AvgIpc) is 2.27. The molecule has 98 valence electrons. The van der Waals surface area contributed by atoms with Crippen molar-refractivity contribution >= 4 is 34.6 Å². The SMILES string of the molecule is CN(CC(=O)O)C(=O)c1ccc(Cl)c(S(=O)O)c1. The quantitative estimate of drug-likeness (QED) is 0.809. The van der Waals surface area contributed by atoms with Gasteiger partial charge in [-0.15, -0.1) is 0 Å². The molecule has 1 amide bonds. The highest BCUT2D eigenvalue weighted by Crippen LogP contribution is 2.21. The van der Waals surface area contributed by atoms with Crippen molar-refractivity contribution in [3.63, 3.8) is 0 Å². The molecule has 0 fully saturated rings. The van der Waals surface area contributed by atoms with E-state index in [1.807, 2.05) is 0 Å². The summed E-state index contributed by atoms with van der Waals surface area (Å²) in [7, 11) is 1.32. The molecule has 0 aliphatic carbocycles. The minimum atomic E-state index is -2.31. The van der Waals surface area contributed by atoms with Crippen molar-refractivity contribution in [3.8, 4) is 0 Å². The molecule has 8 heteroatoms. The number of carboxylic acid groups (broad SMARTS) is 1. The van der Waals surface area contributed by atoms with Crippen LogP contribution in [0, 0.1) is 0 Å². The third kappa shape index (κ3) is 3.52. The Morgan fingerprint density at radius 1 is 1.44 bits per heavy atom. The monoisotopic (exact) mass is 291 g/mol. The van der Waals surface area contributed by atoms with Crippen LogP contribution in [0.15, 0.2) is 23.1 Å². The number of nitrogens with zero attached hydrogens (tertiary/aromatic N) is 1. The molecule has 0 saturated heterocycles. The van der Waals surface area contributed by atoms with Gasteiger partial charge in [-0.05, 0) is 18.2 Å². The first-order chi connectivity index (χ1) is 8.32. The van der Waals surface area contributed by atoms with Crippen LogP contribution in [0.2, 0.25) is 5.02 Å². The molecule has 1 aromatic carbocycles. The molecule has 0 aromatic heterocycles. The maximum Gasteiger partial charge on any atom is 0.323 e. The van der Waals surface area contributed by atoms with Gasteiger partial charge in [-0.1, -0.05) is 11.6 Å². The van der Waals surface area contributed by atoms with E-state index in [4.69, 9.17) is 21.3 Å². The second-order valence-corrected chi connectivity index (χ2v) is 4.79. The van der Waals surface area contributed by atoms with Crippen molar-refractivity contribution < 1.29 is 23.5 Å². The van der Waals surface area contributed by atoms with Gasteiger partial charge in [-0.3, -0.25) is 9.59 Å². The lowest BCUT2D eigenvalue weighted by molar-refractivity contribution is -0.137.